The van der Waals surface area contributed by atoms with Crippen LogP contribution in [0.5, 0.6) is 0 Å². The maximum absolute atomic E-state index is 7.34. The van der Waals surface area contributed by atoms with E-state index in [2.05, 4.69) is 13.8 Å². The quantitative estimate of drug-likeness (QED) is 0.566. The zero-order chi connectivity index (χ0) is 7.56. The fraction of sp³-hybridized carbons (Fsp3) is 1.00. The standard InChI is InChI=1S/C8H17N/c1-7(2)8-3-5-9-6-4-8/h7-9H,3-6H2,1-2H3/i/hD. The minimum atomic E-state index is 0.814. The van der Waals surface area contributed by atoms with Gasteiger partial charge in [0.05, 0.1) is 0 Å². The van der Waals surface area contributed by atoms with Crippen molar-refractivity contribution in [3.63, 3.8) is 0 Å². The van der Waals surface area contributed by atoms with E-state index < -0.39 is 0 Å². The van der Waals surface area contributed by atoms with E-state index in [0.29, 0.717) is 0 Å². The first kappa shape index (κ1) is 5.72. The van der Waals surface area contributed by atoms with E-state index in [1.165, 1.54) is 12.8 Å². The molecule has 1 heterocycles. The molecule has 0 bridgehead atoms. The van der Waals surface area contributed by atoms with Gasteiger partial charge in [-0.05, 0) is 37.8 Å². The van der Waals surface area contributed by atoms with Crippen molar-refractivity contribution in [2.24, 2.45) is 11.8 Å². The molecule has 0 aromatic heterocycles. The Labute approximate surface area is 59.3 Å². The van der Waals surface area contributed by atoms with Gasteiger partial charge in [0.1, 0.15) is 1.41 Å². The Bertz CT molecular complexity index is 95.4. The van der Waals surface area contributed by atoms with E-state index in [4.69, 9.17) is 1.41 Å². The molecular weight excluding hydrogens is 110 g/mol. The first-order valence-corrected chi connectivity index (χ1v) is 3.94. The Balaban J connectivity index is 2.26. The average molecular weight is 128 g/mol. The Kier molecular flexibility index (Phi) is 2.04. The summed E-state index contributed by atoms with van der Waals surface area (Å²) >= 11 is 0. The molecule has 0 aliphatic carbocycles. The summed E-state index contributed by atoms with van der Waals surface area (Å²) in [6, 6.07) is 0. The van der Waals surface area contributed by atoms with Crippen molar-refractivity contribution in [2.45, 2.75) is 26.7 Å². The van der Waals surface area contributed by atoms with E-state index >= 15 is 0 Å². The molecule has 1 aliphatic rings. The van der Waals surface area contributed by atoms with Crippen molar-refractivity contribution in [3.8, 4) is 0 Å². The largest absolute Gasteiger partial charge is 0.317 e. The first-order chi connectivity index (χ1) is 4.70. The molecule has 0 saturated carbocycles. The predicted molar refractivity (Wildman–Crippen MR) is 40.4 cm³/mol. The van der Waals surface area contributed by atoms with Gasteiger partial charge in [-0.3, -0.25) is 0 Å². The Hall–Kier alpha value is -0.0400. The lowest BCUT2D eigenvalue weighted by molar-refractivity contribution is 0.292. The Morgan fingerprint density at radius 1 is 1.44 bits per heavy atom. The molecule has 1 aliphatic heterocycles. The monoisotopic (exact) mass is 128 g/mol. The van der Waals surface area contributed by atoms with Gasteiger partial charge in [-0.1, -0.05) is 13.8 Å². The number of hydrogen-bond donors (Lipinski definition) is 1. The molecule has 0 amide bonds. The molecule has 1 N–H and O–H groups in total. The van der Waals surface area contributed by atoms with Crippen LogP contribution in [0.3, 0.4) is 0 Å². The van der Waals surface area contributed by atoms with Crippen LogP contribution in [0, 0.1) is 11.8 Å². The summed E-state index contributed by atoms with van der Waals surface area (Å²) in [6.07, 6.45) is 2.45. The third kappa shape index (κ3) is 1.98. The average Bonchev–Trinajstić information content (AvgIpc) is 1.88. The molecule has 1 nitrogen and oxygen atoms in total. The second-order valence-corrected chi connectivity index (χ2v) is 3.25. The number of rotatable bonds is 1. The van der Waals surface area contributed by atoms with E-state index in [-0.39, 0.29) is 0 Å². The van der Waals surface area contributed by atoms with Gasteiger partial charge in [-0.25, -0.2) is 0 Å². The number of nitrogens with one attached hydrogen (secondary N) is 1. The second-order valence-electron chi connectivity index (χ2n) is 3.25. The van der Waals surface area contributed by atoms with Crippen LogP contribution >= 0.6 is 0 Å². The maximum Gasteiger partial charge on any atom is 0.122 e. The topological polar surface area (TPSA) is 12.0 Å². The third-order valence-electron chi connectivity index (χ3n) is 2.26. The van der Waals surface area contributed by atoms with Gasteiger partial charge < -0.3 is 5.31 Å². The summed E-state index contributed by atoms with van der Waals surface area (Å²) in [7, 11) is 0. The van der Waals surface area contributed by atoms with Crippen molar-refractivity contribution in [1.29, 1.82) is 0 Å². The van der Waals surface area contributed by atoms with Gasteiger partial charge in [-0.2, -0.15) is 0 Å². The molecule has 0 unspecified atom stereocenters. The lowest BCUT2D eigenvalue weighted by Gasteiger charge is -2.25. The van der Waals surface area contributed by atoms with Crippen LogP contribution in [0.15, 0.2) is 0 Å². The minimum Gasteiger partial charge on any atom is -0.317 e. The van der Waals surface area contributed by atoms with Gasteiger partial charge in [0, 0.05) is 0 Å². The van der Waals surface area contributed by atoms with Crippen molar-refractivity contribution >= 4 is 0 Å². The fourth-order valence-electron chi connectivity index (χ4n) is 1.44. The Morgan fingerprint density at radius 2 is 2.00 bits per heavy atom. The van der Waals surface area contributed by atoms with Crippen LogP contribution in [0.25, 0.3) is 0 Å². The van der Waals surface area contributed by atoms with E-state index in [1.54, 1.807) is 5.31 Å². The number of piperidine rings is 1. The van der Waals surface area contributed by atoms with Crippen LogP contribution in [0.2, 0.25) is 1.41 Å². The van der Waals surface area contributed by atoms with Crippen molar-refractivity contribution in [3.05, 3.63) is 0 Å². The van der Waals surface area contributed by atoms with Crippen LogP contribution in [-0.4, -0.2) is 13.1 Å². The van der Waals surface area contributed by atoms with Crippen LogP contribution in [0.1, 0.15) is 26.7 Å². The summed E-state index contributed by atoms with van der Waals surface area (Å²) in [4.78, 5) is 0. The molecule has 1 saturated heterocycles. The van der Waals surface area contributed by atoms with Crippen molar-refractivity contribution < 1.29 is 1.41 Å². The van der Waals surface area contributed by atoms with Gasteiger partial charge in [0.2, 0.25) is 0 Å². The second kappa shape index (κ2) is 3.21. The SMILES string of the molecule is [2H]N1CCC(C(C)C)CC1. The lowest BCUT2D eigenvalue weighted by atomic mass is 9.87. The summed E-state index contributed by atoms with van der Waals surface area (Å²) in [6.45, 7) is 6.51. The molecule has 0 spiro atoms. The van der Waals surface area contributed by atoms with E-state index in [9.17, 15) is 0 Å². The fourth-order valence-corrected chi connectivity index (χ4v) is 1.44. The number of hydrogen-bond acceptors (Lipinski definition) is 1. The highest BCUT2D eigenvalue weighted by Crippen LogP contribution is 2.20. The molecule has 9 heavy (non-hydrogen) atoms. The molecule has 0 aromatic rings. The Morgan fingerprint density at radius 3 is 2.44 bits per heavy atom. The van der Waals surface area contributed by atoms with Crippen molar-refractivity contribution in [2.75, 3.05) is 13.1 Å². The minimum absolute atomic E-state index is 0.814. The highest BCUT2D eigenvalue weighted by atomic mass is 14.9. The summed E-state index contributed by atoms with van der Waals surface area (Å²) in [5.74, 6) is 1.69. The normalized spacial score (nSPS) is 26.8. The highest BCUT2D eigenvalue weighted by molar-refractivity contribution is 4.70. The van der Waals surface area contributed by atoms with Crippen molar-refractivity contribution in [1.82, 2.24) is 5.31 Å². The zero-order valence-electron chi connectivity index (χ0n) is 7.43. The van der Waals surface area contributed by atoms with Gasteiger partial charge in [0.25, 0.3) is 0 Å². The molecule has 1 heteroatoms. The molecule has 54 valence electrons. The van der Waals surface area contributed by atoms with Gasteiger partial charge in [-0.15, -0.1) is 0 Å². The molecular formula is C8H17N. The zero-order valence-corrected chi connectivity index (χ0v) is 6.43. The first-order valence-electron chi connectivity index (χ1n) is 4.38. The predicted octanol–water partition coefficient (Wildman–Crippen LogP) is 1.64. The maximum atomic E-state index is 7.34. The summed E-state index contributed by atoms with van der Waals surface area (Å²) in [5.41, 5.74) is 0. The molecule has 1 fully saturated rings. The van der Waals surface area contributed by atoms with E-state index in [0.717, 1.165) is 24.9 Å². The summed E-state index contributed by atoms with van der Waals surface area (Å²) in [5, 5.41) is 1.68. The third-order valence-corrected chi connectivity index (χ3v) is 2.26. The molecule has 0 atom stereocenters. The molecule has 1 rings (SSSR count). The lowest BCUT2D eigenvalue weighted by Crippen LogP contribution is -2.29. The van der Waals surface area contributed by atoms with Gasteiger partial charge >= 0.3 is 0 Å². The summed E-state index contributed by atoms with van der Waals surface area (Å²) < 4.78 is 7.34. The van der Waals surface area contributed by atoms with Gasteiger partial charge in [0.15, 0.2) is 0 Å². The van der Waals surface area contributed by atoms with Crippen LogP contribution < -0.4 is 5.31 Å². The molecule has 0 radical (unpaired) electrons. The smallest absolute Gasteiger partial charge is 0.122 e. The van der Waals surface area contributed by atoms with Crippen LogP contribution in [-0.2, 0) is 0 Å². The molecule has 0 aromatic carbocycles. The highest BCUT2D eigenvalue weighted by Gasteiger charge is 2.15. The van der Waals surface area contributed by atoms with E-state index in [1.807, 2.05) is 0 Å². The van der Waals surface area contributed by atoms with Crippen LogP contribution in [0.4, 0.5) is 0 Å².